The van der Waals surface area contributed by atoms with Gasteiger partial charge in [0.2, 0.25) is 5.91 Å². The summed E-state index contributed by atoms with van der Waals surface area (Å²) >= 11 is 0. The van der Waals surface area contributed by atoms with Gasteiger partial charge in [0.25, 0.3) is 0 Å². The molecule has 1 atom stereocenters. The molecule has 92 valence electrons. The summed E-state index contributed by atoms with van der Waals surface area (Å²) in [5.41, 5.74) is 7.97. The third-order valence-electron chi connectivity index (χ3n) is 2.99. The number of carbonyl (C=O) groups is 1. The summed E-state index contributed by atoms with van der Waals surface area (Å²) in [6.45, 7) is 4.51. The van der Waals surface area contributed by atoms with E-state index in [1.54, 1.807) is 0 Å². The Kier molecular flexibility index (Phi) is 3.76. The van der Waals surface area contributed by atoms with Crippen molar-refractivity contribution in [1.82, 2.24) is 4.90 Å². The minimum atomic E-state index is -0.0386. The maximum Gasteiger partial charge on any atom is 0.221 e. The van der Waals surface area contributed by atoms with E-state index < -0.39 is 0 Å². The van der Waals surface area contributed by atoms with Crippen molar-refractivity contribution < 1.29 is 4.79 Å². The molecule has 0 aromatic heterocycles. The first-order valence-corrected chi connectivity index (χ1v) is 5.98. The Bertz CT molecular complexity index is 388. The Labute approximate surface area is 102 Å². The molecule has 1 amide bonds. The lowest BCUT2D eigenvalue weighted by molar-refractivity contribution is -0.114. The van der Waals surface area contributed by atoms with Crippen LogP contribution in [0.1, 0.15) is 18.9 Å². The van der Waals surface area contributed by atoms with Gasteiger partial charge in [-0.1, -0.05) is 12.1 Å². The largest absolute Gasteiger partial charge is 0.326 e. The van der Waals surface area contributed by atoms with Gasteiger partial charge in [0, 0.05) is 38.3 Å². The summed E-state index contributed by atoms with van der Waals surface area (Å²) in [6, 6.07) is 8.30. The quantitative estimate of drug-likeness (QED) is 0.824. The molecule has 1 fully saturated rings. The molecule has 0 spiro atoms. The standard InChI is InChI=1S/C13H19N3O/c1-10(17)15-13-4-2-11(3-5-13)8-16-7-6-12(14)9-16/h2-5,12H,6-9,14H2,1H3,(H,15,17)/t12-/m1/s1. The Morgan fingerprint density at radius 3 is 2.71 bits per heavy atom. The summed E-state index contributed by atoms with van der Waals surface area (Å²) in [6.07, 6.45) is 1.09. The van der Waals surface area contributed by atoms with E-state index in [4.69, 9.17) is 5.73 Å². The topological polar surface area (TPSA) is 58.4 Å². The summed E-state index contributed by atoms with van der Waals surface area (Å²) in [4.78, 5) is 13.2. The predicted molar refractivity (Wildman–Crippen MR) is 68.6 cm³/mol. The molecule has 1 saturated heterocycles. The van der Waals surface area contributed by atoms with Crippen LogP contribution in [0.4, 0.5) is 5.69 Å². The molecule has 0 aliphatic carbocycles. The highest BCUT2D eigenvalue weighted by Crippen LogP contribution is 2.14. The van der Waals surface area contributed by atoms with E-state index in [1.807, 2.05) is 12.1 Å². The third-order valence-corrected chi connectivity index (χ3v) is 2.99. The highest BCUT2D eigenvalue weighted by molar-refractivity contribution is 5.88. The first-order valence-electron chi connectivity index (χ1n) is 5.98. The average molecular weight is 233 g/mol. The van der Waals surface area contributed by atoms with Crippen molar-refractivity contribution in [2.75, 3.05) is 18.4 Å². The lowest BCUT2D eigenvalue weighted by Gasteiger charge is -2.15. The molecule has 4 heteroatoms. The Morgan fingerprint density at radius 2 is 2.18 bits per heavy atom. The molecule has 1 aliphatic rings. The molecule has 2 rings (SSSR count). The van der Waals surface area contributed by atoms with E-state index in [0.29, 0.717) is 6.04 Å². The zero-order valence-corrected chi connectivity index (χ0v) is 10.1. The van der Waals surface area contributed by atoms with Gasteiger partial charge >= 0.3 is 0 Å². The zero-order valence-electron chi connectivity index (χ0n) is 10.1. The van der Waals surface area contributed by atoms with Crippen LogP contribution in [0, 0.1) is 0 Å². The highest BCUT2D eigenvalue weighted by atomic mass is 16.1. The number of nitrogens with zero attached hydrogens (tertiary/aromatic N) is 1. The fourth-order valence-corrected chi connectivity index (χ4v) is 2.16. The number of hydrogen-bond acceptors (Lipinski definition) is 3. The van der Waals surface area contributed by atoms with Crippen molar-refractivity contribution in [3.63, 3.8) is 0 Å². The van der Waals surface area contributed by atoms with Crippen LogP contribution in [0.5, 0.6) is 0 Å². The predicted octanol–water partition coefficient (Wildman–Crippen LogP) is 1.18. The first kappa shape index (κ1) is 12.1. The van der Waals surface area contributed by atoms with Gasteiger partial charge < -0.3 is 11.1 Å². The smallest absolute Gasteiger partial charge is 0.221 e. The summed E-state index contributed by atoms with van der Waals surface area (Å²) < 4.78 is 0. The molecule has 17 heavy (non-hydrogen) atoms. The molecular weight excluding hydrogens is 214 g/mol. The Balaban J connectivity index is 1.91. The number of carbonyl (C=O) groups excluding carboxylic acids is 1. The maximum atomic E-state index is 10.9. The van der Waals surface area contributed by atoms with Crippen molar-refractivity contribution in [2.45, 2.75) is 25.9 Å². The van der Waals surface area contributed by atoms with Crippen LogP contribution >= 0.6 is 0 Å². The maximum absolute atomic E-state index is 10.9. The lowest BCUT2D eigenvalue weighted by Crippen LogP contribution is -2.26. The van der Waals surface area contributed by atoms with Crippen LogP contribution in [0.2, 0.25) is 0 Å². The molecule has 1 heterocycles. The first-order chi connectivity index (χ1) is 8.13. The van der Waals surface area contributed by atoms with Crippen molar-refractivity contribution in [2.24, 2.45) is 5.73 Å². The molecule has 1 aromatic rings. The number of benzene rings is 1. The fourth-order valence-electron chi connectivity index (χ4n) is 2.16. The molecule has 0 bridgehead atoms. The van der Waals surface area contributed by atoms with Gasteiger partial charge in [0.05, 0.1) is 0 Å². The van der Waals surface area contributed by atoms with Crippen molar-refractivity contribution >= 4 is 11.6 Å². The molecule has 0 saturated carbocycles. The Hall–Kier alpha value is -1.39. The minimum Gasteiger partial charge on any atom is -0.326 e. The number of amides is 1. The molecule has 4 nitrogen and oxygen atoms in total. The Morgan fingerprint density at radius 1 is 1.47 bits per heavy atom. The lowest BCUT2D eigenvalue weighted by atomic mass is 10.2. The van der Waals surface area contributed by atoms with Crippen LogP contribution in [0.25, 0.3) is 0 Å². The average Bonchev–Trinajstić information content (AvgIpc) is 2.66. The summed E-state index contributed by atoms with van der Waals surface area (Å²) in [7, 11) is 0. The van der Waals surface area contributed by atoms with Gasteiger partial charge in [-0.25, -0.2) is 0 Å². The van der Waals surface area contributed by atoms with Crippen molar-refractivity contribution in [3.05, 3.63) is 29.8 Å². The SMILES string of the molecule is CC(=O)Nc1ccc(CN2CC[C@@H](N)C2)cc1. The second-order valence-electron chi connectivity index (χ2n) is 4.66. The number of likely N-dealkylation sites (tertiary alicyclic amines) is 1. The van der Waals surface area contributed by atoms with E-state index in [1.165, 1.54) is 12.5 Å². The third kappa shape index (κ3) is 3.54. The number of rotatable bonds is 3. The van der Waals surface area contributed by atoms with Gasteiger partial charge in [-0.3, -0.25) is 9.69 Å². The van der Waals surface area contributed by atoms with Crippen molar-refractivity contribution in [3.8, 4) is 0 Å². The summed E-state index contributed by atoms with van der Waals surface area (Å²) in [5, 5.41) is 2.76. The minimum absolute atomic E-state index is 0.0386. The van der Waals surface area contributed by atoms with Crippen LogP contribution in [0.15, 0.2) is 24.3 Å². The molecule has 0 unspecified atom stereocenters. The number of nitrogens with one attached hydrogen (secondary N) is 1. The monoisotopic (exact) mass is 233 g/mol. The van der Waals surface area contributed by atoms with Crippen LogP contribution < -0.4 is 11.1 Å². The van der Waals surface area contributed by atoms with Crippen LogP contribution in [-0.4, -0.2) is 29.9 Å². The molecule has 1 aromatic carbocycles. The van der Waals surface area contributed by atoms with E-state index in [9.17, 15) is 4.79 Å². The number of nitrogens with two attached hydrogens (primary N) is 1. The van der Waals surface area contributed by atoms with Crippen LogP contribution in [0.3, 0.4) is 0 Å². The summed E-state index contributed by atoms with van der Waals surface area (Å²) in [5.74, 6) is -0.0386. The molecule has 1 aliphatic heterocycles. The molecule has 3 N–H and O–H groups in total. The van der Waals surface area contributed by atoms with E-state index >= 15 is 0 Å². The normalized spacial score (nSPS) is 20.5. The van der Waals surface area contributed by atoms with Crippen molar-refractivity contribution in [1.29, 1.82) is 0 Å². The fraction of sp³-hybridized carbons (Fsp3) is 0.462. The van der Waals surface area contributed by atoms with Crippen LogP contribution in [-0.2, 0) is 11.3 Å². The second-order valence-corrected chi connectivity index (χ2v) is 4.66. The molecule has 0 radical (unpaired) electrons. The van der Waals surface area contributed by atoms with Gasteiger partial charge in [-0.05, 0) is 24.1 Å². The van der Waals surface area contributed by atoms with E-state index in [0.717, 1.165) is 31.7 Å². The van der Waals surface area contributed by atoms with Gasteiger partial charge in [0.1, 0.15) is 0 Å². The highest BCUT2D eigenvalue weighted by Gasteiger charge is 2.18. The van der Waals surface area contributed by atoms with Gasteiger partial charge in [-0.2, -0.15) is 0 Å². The van der Waals surface area contributed by atoms with E-state index in [-0.39, 0.29) is 5.91 Å². The molecular formula is C13H19N3O. The zero-order chi connectivity index (χ0) is 12.3. The van der Waals surface area contributed by atoms with Gasteiger partial charge in [-0.15, -0.1) is 0 Å². The van der Waals surface area contributed by atoms with Gasteiger partial charge in [0.15, 0.2) is 0 Å². The van der Waals surface area contributed by atoms with E-state index in [2.05, 4.69) is 22.3 Å². The second kappa shape index (κ2) is 5.29. The number of anilines is 1. The number of hydrogen-bond donors (Lipinski definition) is 2.